The fourth-order valence-electron chi connectivity index (χ4n) is 5.50. The Labute approximate surface area is 275 Å². The standard InChI is InChI=1S/C39H40N4S2/c1(2-4-18-28-44-38-40-34(30-20-10-6-11-21-30)35(41-38)31-22-12-7-13-23-31)3-5-19-29-45-39-42-36(32-24-14-8-15-25-32)37(43-39)33-26-16-9-17-27-33/h6-17,20-27H,1-5,18-19,28-29H2,(H,40,41)(H,42,43). The molecule has 6 heteroatoms. The minimum atomic E-state index is 1.01. The Kier molecular flexibility index (Phi) is 11.3. The molecule has 0 spiro atoms. The molecule has 0 aliphatic carbocycles. The molecule has 0 bridgehead atoms. The van der Waals surface area contributed by atoms with Crippen molar-refractivity contribution < 1.29 is 0 Å². The second kappa shape index (κ2) is 16.4. The SMILES string of the molecule is c1ccc(-c2nc(SCCCCCCCCCSc3nc(-c4ccccc4)c(-c4ccccc4)[nH]3)[nH]c2-c2ccccc2)cc1. The molecular weight excluding hydrogens is 589 g/mol. The smallest absolute Gasteiger partial charge is 0.166 e. The average Bonchev–Trinajstić information content (AvgIpc) is 3.74. The lowest BCUT2D eigenvalue weighted by molar-refractivity contribution is 0.605. The van der Waals surface area contributed by atoms with E-state index >= 15 is 0 Å². The van der Waals surface area contributed by atoms with Crippen molar-refractivity contribution in [2.45, 2.75) is 55.3 Å². The van der Waals surface area contributed by atoms with Crippen LogP contribution in [0.5, 0.6) is 0 Å². The summed E-state index contributed by atoms with van der Waals surface area (Å²) in [5, 5.41) is 2.02. The van der Waals surface area contributed by atoms with Crippen molar-refractivity contribution >= 4 is 23.5 Å². The van der Waals surface area contributed by atoms with Gasteiger partial charge in [0.1, 0.15) is 0 Å². The van der Waals surface area contributed by atoms with Crippen molar-refractivity contribution in [3.05, 3.63) is 121 Å². The first-order valence-corrected chi connectivity index (χ1v) is 18.0. The van der Waals surface area contributed by atoms with Crippen LogP contribution in [0.1, 0.15) is 44.9 Å². The summed E-state index contributed by atoms with van der Waals surface area (Å²) < 4.78 is 0. The number of H-pyrrole nitrogens is 2. The van der Waals surface area contributed by atoms with Crippen LogP contribution < -0.4 is 0 Å². The fourth-order valence-corrected chi connectivity index (χ4v) is 7.25. The van der Waals surface area contributed by atoms with Crippen LogP contribution in [-0.4, -0.2) is 31.4 Å². The predicted molar refractivity (Wildman–Crippen MR) is 193 cm³/mol. The highest BCUT2D eigenvalue weighted by Gasteiger charge is 2.15. The van der Waals surface area contributed by atoms with E-state index in [4.69, 9.17) is 9.97 Å². The molecule has 2 N–H and O–H groups in total. The van der Waals surface area contributed by atoms with Gasteiger partial charge in [-0.2, -0.15) is 0 Å². The maximum absolute atomic E-state index is 4.99. The number of rotatable bonds is 16. The summed E-state index contributed by atoms with van der Waals surface area (Å²) in [7, 11) is 0. The quantitative estimate of drug-likeness (QED) is 0.0827. The molecule has 2 heterocycles. The van der Waals surface area contributed by atoms with E-state index in [1.165, 1.54) is 56.1 Å². The topological polar surface area (TPSA) is 57.4 Å². The molecule has 6 aromatic rings. The van der Waals surface area contributed by atoms with Gasteiger partial charge >= 0.3 is 0 Å². The summed E-state index contributed by atoms with van der Waals surface area (Å²) in [6.45, 7) is 0. The Hall–Kier alpha value is -4.00. The number of thioether (sulfide) groups is 2. The van der Waals surface area contributed by atoms with E-state index in [-0.39, 0.29) is 0 Å². The number of nitrogens with one attached hydrogen (secondary N) is 2. The molecule has 0 fully saturated rings. The third-order valence-electron chi connectivity index (χ3n) is 7.85. The Morgan fingerprint density at radius 2 is 0.689 bits per heavy atom. The molecule has 0 radical (unpaired) electrons. The number of aromatic amines is 2. The van der Waals surface area contributed by atoms with Gasteiger partial charge in [-0.05, 0) is 12.8 Å². The number of aromatic nitrogens is 4. The fraction of sp³-hybridized carbons (Fsp3) is 0.231. The molecule has 4 nitrogen and oxygen atoms in total. The third kappa shape index (κ3) is 8.59. The highest BCUT2D eigenvalue weighted by Crippen LogP contribution is 2.34. The van der Waals surface area contributed by atoms with Gasteiger partial charge in [0.2, 0.25) is 0 Å². The molecule has 0 aliphatic rings. The van der Waals surface area contributed by atoms with Gasteiger partial charge in [0.15, 0.2) is 10.3 Å². The highest BCUT2D eigenvalue weighted by molar-refractivity contribution is 7.99. The molecule has 6 rings (SSSR count). The average molecular weight is 629 g/mol. The Balaban J connectivity index is 0.897. The number of nitrogens with zero attached hydrogens (tertiary/aromatic N) is 2. The van der Waals surface area contributed by atoms with Crippen molar-refractivity contribution in [1.82, 2.24) is 19.9 Å². The number of hydrogen-bond donors (Lipinski definition) is 2. The first-order chi connectivity index (χ1) is 22.3. The van der Waals surface area contributed by atoms with E-state index in [1.807, 2.05) is 23.5 Å². The maximum Gasteiger partial charge on any atom is 0.166 e. The minimum Gasteiger partial charge on any atom is -0.332 e. The second-order valence-corrected chi connectivity index (χ2v) is 13.3. The summed E-state index contributed by atoms with van der Waals surface area (Å²) in [5.74, 6) is 2.18. The zero-order valence-electron chi connectivity index (χ0n) is 25.6. The summed E-state index contributed by atoms with van der Waals surface area (Å²) >= 11 is 3.68. The summed E-state index contributed by atoms with van der Waals surface area (Å²) in [6.07, 6.45) is 8.89. The van der Waals surface area contributed by atoms with Gasteiger partial charge in [-0.25, -0.2) is 9.97 Å². The van der Waals surface area contributed by atoms with Crippen molar-refractivity contribution in [3.63, 3.8) is 0 Å². The largest absolute Gasteiger partial charge is 0.332 e. The minimum absolute atomic E-state index is 1.01. The number of benzene rings is 4. The molecule has 2 aromatic heterocycles. The van der Waals surface area contributed by atoms with Crippen molar-refractivity contribution in [3.8, 4) is 45.0 Å². The molecule has 45 heavy (non-hydrogen) atoms. The lowest BCUT2D eigenvalue weighted by Crippen LogP contribution is -1.86. The van der Waals surface area contributed by atoms with Gasteiger partial charge in [0, 0.05) is 33.8 Å². The van der Waals surface area contributed by atoms with Crippen molar-refractivity contribution in [2.75, 3.05) is 11.5 Å². The van der Waals surface area contributed by atoms with Gasteiger partial charge in [0.05, 0.1) is 22.8 Å². The van der Waals surface area contributed by atoms with Gasteiger partial charge in [-0.3, -0.25) is 0 Å². The maximum atomic E-state index is 4.99. The Bertz CT molecular complexity index is 1470. The van der Waals surface area contributed by atoms with Crippen LogP contribution in [0.2, 0.25) is 0 Å². The van der Waals surface area contributed by atoms with Crippen molar-refractivity contribution in [1.29, 1.82) is 0 Å². The van der Waals surface area contributed by atoms with Gasteiger partial charge in [-0.1, -0.05) is 177 Å². The van der Waals surface area contributed by atoms with Crippen LogP contribution in [0.15, 0.2) is 132 Å². The summed E-state index contributed by atoms with van der Waals surface area (Å²) in [6, 6.07) is 42.0. The van der Waals surface area contributed by atoms with Crippen LogP contribution >= 0.6 is 23.5 Å². The molecule has 0 unspecified atom stereocenters. The van der Waals surface area contributed by atoms with E-state index in [1.54, 1.807) is 0 Å². The van der Waals surface area contributed by atoms with E-state index in [9.17, 15) is 0 Å². The number of hydrogen-bond acceptors (Lipinski definition) is 4. The first kappa shape index (κ1) is 31.0. The molecule has 0 amide bonds. The summed E-state index contributed by atoms with van der Waals surface area (Å²) in [5.41, 5.74) is 8.90. The Morgan fingerprint density at radius 1 is 0.378 bits per heavy atom. The Morgan fingerprint density at radius 3 is 1.04 bits per heavy atom. The van der Waals surface area contributed by atoms with Crippen molar-refractivity contribution in [2.24, 2.45) is 0 Å². The van der Waals surface area contributed by atoms with Crippen LogP contribution in [0.25, 0.3) is 45.0 Å². The molecule has 228 valence electrons. The molecule has 4 aromatic carbocycles. The van der Waals surface area contributed by atoms with Crippen LogP contribution in [-0.2, 0) is 0 Å². The van der Waals surface area contributed by atoms with Crippen LogP contribution in [0.3, 0.4) is 0 Å². The lowest BCUT2D eigenvalue weighted by atomic mass is 10.1. The van der Waals surface area contributed by atoms with Gasteiger partial charge in [-0.15, -0.1) is 0 Å². The van der Waals surface area contributed by atoms with Crippen LogP contribution in [0, 0.1) is 0 Å². The normalized spacial score (nSPS) is 11.2. The number of unbranched alkanes of at least 4 members (excludes halogenated alkanes) is 6. The lowest BCUT2D eigenvalue weighted by Gasteiger charge is -2.02. The molecule has 0 saturated heterocycles. The molecular formula is C39H40N4S2. The third-order valence-corrected chi connectivity index (χ3v) is 9.77. The predicted octanol–water partition coefficient (Wildman–Crippen LogP) is 11.4. The molecule has 0 saturated carbocycles. The van der Waals surface area contributed by atoms with E-state index in [2.05, 4.69) is 131 Å². The highest BCUT2D eigenvalue weighted by atomic mass is 32.2. The second-order valence-electron chi connectivity index (χ2n) is 11.2. The monoisotopic (exact) mass is 628 g/mol. The summed E-state index contributed by atoms with van der Waals surface area (Å²) in [4.78, 5) is 17.2. The van der Waals surface area contributed by atoms with Gasteiger partial charge in [0.25, 0.3) is 0 Å². The first-order valence-electron chi connectivity index (χ1n) is 16.0. The number of imidazole rings is 2. The van der Waals surface area contributed by atoms with E-state index in [0.29, 0.717) is 0 Å². The van der Waals surface area contributed by atoms with Crippen LogP contribution in [0.4, 0.5) is 0 Å². The molecule has 0 atom stereocenters. The van der Waals surface area contributed by atoms with E-state index in [0.717, 1.165) is 55.7 Å². The van der Waals surface area contributed by atoms with Gasteiger partial charge < -0.3 is 9.97 Å². The zero-order chi connectivity index (χ0) is 30.5. The van der Waals surface area contributed by atoms with E-state index < -0.39 is 0 Å². The molecule has 0 aliphatic heterocycles. The zero-order valence-corrected chi connectivity index (χ0v) is 27.3.